The van der Waals surface area contributed by atoms with Crippen LogP contribution < -0.4 is 4.90 Å². The molecular weight excluding hydrogens is 340 g/mol. The molecule has 0 radical (unpaired) electrons. The third kappa shape index (κ3) is 2.65. The normalized spacial score (nSPS) is 16.2. The zero-order chi connectivity index (χ0) is 17.7. The van der Waals surface area contributed by atoms with Crippen LogP contribution in [-0.4, -0.2) is 40.0 Å². The van der Waals surface area contributed by atoms with Crippen LogP contribution in [0.3, 0.4) is 0 Å². The molecule has 1 aliphatic heterocycles. The zero-order valence-electron chi connectivity index (χ0n) is 14.2. The molecule has 0 amide bonds. The topological polar surface area (TPSA) is 21.1 Å². The maximum Gasteiger partial charge on any atom is 0.155 e. The van der Waals surface area contributed by atoms with Gasteiger partial charge in [-0.15, -0.1) is 0 Å². The molecule has 2 heterocycles. The number of nitrogens with zero attached hydrogens (tertiary/aromatic N) is 3. The van der Waals surface area contributed by atoms with Crippen LogP contribution >= 0.6 is 10.5 Å². The van der Waals surface area contributed by atoms with Crippen LogP contribution in [0.2, 0.25) is 0 Å². The molecule has 1 atom stereocenters. The lowest BCUT2D eigenvalue weighted by molar-refractivity contribution is 0.574. The van der Waals surface area contributed by atoms with Gasteiger partial charge in [-0.3, -0.25) is 4.57 Å². The zero-order valence-corrected chi connectivity index (χ0v) is 15.0. The maximum atomic E-state index is 14.5. The van der Waals surface area contributed by atoms with Gasteiger partial charge in [0.15, 0.2) is 5.82 Å². The number of rotatable bonds is 3. The third-order valence-electron chi connectivity index (χ3n) is 4.86. The van der Waals surface area contributed by atoms with E-state index in [2.05, 4.69) is 22.0 Å². The van der Waals surface area contributed by atoms with Gasteiger partial charge in [-0.1, -0.05) is 5.87 Å². The maximum absolute atomic E-state index is 14.5. The molecule has 25 heavy (non-hydrogen) atoms. The summed E-state index contributed by atoms with van der Waals surface area (Å²) >= 11 is 0. The lowest BCUT2D eigenvalue weighted by Gasteiger charge is -2.41. The molecule has 1 aromatic heterocycles. The average Bonchev–Trinajstić information content (AvgIpc) is 2.95. The minimum atomic E-state index is -0.571. The van der Waals surface area contributed by atoms with Crippen molar-refractivity contribution in [1.82, 2.24) is 9.55 Å². The Morgan fingerprint density at radius 2 is 1.80 bits per heavy atom. The number of aromatic nitrogens is 2. The molecule has 1 unspecified atom stereocenters. The van der Waals surface area contributed by atoms with Crippen LogP contribution in [0, 0.1) is 18.6 Å². The standard InChI is InChI=1S/C19H19F2N3S/c1-12-16(20)8-17-19(18(12)21)24(11-22-17)14-6-4-13(5-7-14)23-9-15(10-23)25(2)3/h4-8,11,15H,2,9-10H2,1,3H3. The van der Waals surface area contributed by atoms with Gasteiger partial charge in [-0.05, 0) is 37.4 Å². The second-order valence-electron chi connectivity index (χ2n) is 6.51. The number of imidazole rings is 1. The first-order valence-electron chi connectivity index (χ1n) is 8.07. The van der Waals surface area contributed by atoms with Crippen molar-refractivity contribution in [1.29, 1.82) is 0 Å². The van der Waals surface area contributed by atoms with E-state index in [9.17, 15) is 8.78 Å². The van der Waals surface area contributed by atoms with Crippen molar-refractivity contribution >= 4 is 33.1 Å². The van der Waals surface area contributed by atoms with Gasteiger partial charge in [0.2, 0.25) is 0 Å². The molecule has 3 nitrogen and oxygen atoms in total. The molecule has 1 saturated heterocycles. The summed E-state index contributed by atoms with van der Waals surface area (Å²) in [4.78, 5) is 6.45. The van der Waals surface area contributed by atoms with E-state index in [-0.39, 0.29) is 16.0 Å². The van der Waals surface area contributed by atoms with Gasteiger partial charge in [0.1, 0.15) is 17.7 Å². The fourth-order valence-electron chi connectivity index (χ4n) is 3.12. The summed E-state index contributed by atoms with van der Waals surface area (Å²) in [6, 6.07) is 9.22. The van der Waals surface area contributed by atoms with Gasteiger partial charge in [0, 0.05) is 41.3 Å². The van der Waals surface area contributed by atoms with Crippen LogP contribution in [0.25, 0.3) is 16.7 Å². The van der Waals surface area contributed by atoms with Crippen LogP contribution in [0.5, 0.6) is 0 Å². The highest BCUT2D eigenvalue weighted by Crippen LogP contribution is 2.31. The monoisotopic (exact) mass is 359 g/mol. The summed E-state index contributed by atoms with van der Waals surface area (Å²) < 4.78 is 29.9. The van der Waals surface area contributed by atoms with Gasteiger partial charge in [-0.25, -0.2) is 13.8 Å². The molecule has 3 aromatic rings. The predicted octanol–water partition coefficient (Wildman–Crippen LogP) is 4.13. The van der Waals surface area contributed by atoms with Gasteiger partial charge in [0.25, 0.3) is 0 Å². The highest BCUT2D eigenvalue weighted by atomic mass is 32.2. The number of hydrogen-bond acceptors (Lipinski definition) is 2. The Labute approximate surface area is 147 Å². The SMILES string of the molecule is C=S(C)C1CN(c2ccc(-n3cnc4cc(F)c(C)c(F)c43)cc2)C1. The van der Waals surface area contributed by atoms with Crippen LogP contribution in [0.4, 0.5) is 14.5 Å². The summed E-state index contributed by atoms with van der Waals surface area (Å²) in [5.74, 6) is 2.98. The molecule has 0 aliphatic carbocycles. The Kier molecular flexibility index (Phi) is 3.87. The Bertz CT molecular complexity index is 972. The first-order chi connectivity index (χ1) is 12.0. The van der Waals surface area contributed by atoms with Crippen molar-refractivity contribution in [3.63, 3.8) is 0 Å². The summed E-state index contributed by atoms with van der Waals surface area (Å²) in [5, 5.41) is 0.671. The van der Waals surface area contributed by atoms with Crippen molar-refractivity contribution in [2.75, 3.05) is 24.2 Å². The third-order valence-corrected chi connectivity index (χ3v) is 6.30. The summed E-state index contributed by atoms with van der Waals surface area (Å²) in [6.07, 6.45) is 3.71. The fraction of sp³-hybridized carbons (Fsp3) is 0.263. The van der Waals surface area contributed by atoms with Gasteiger partial charge < -0.3 is 4.90 Å². The minimum Gasteiger partial charge on any atom is -0.369 e. The van der Waals surface area contributed by atoms with E-state index in [1.54, 1.807) is 4.57 Å². The number of anilines is 1. The molecule has 1 aliphatic rings. The molecular formula is C19H19F2N3S. The largest absolute Gasteiger partial charge is 0.369 e. The molecule has 6 heteroatoms. The quantitative estimate of drug-likeness (QED) is 0.656. The van der Waals surface area contributed by atoms with Gasteiger partial charge in [0.05, 0.1) is 5.52 Å². The second-order valence-corrected chi connectivity index (χ2v) is 8.56. The number of halogens is 2. The number of benzene rings is 2. The van der Waals surface area contributed by atoms with E-state index in [0.717, 1.165) is 24.5 Å². The van der Waals surface area contributed by atoms with Crippen molar-refractivity contribution in [2.45, 2.75) is 12.2 Å². The first kappa shape index (κ1) is 16.3. The van der Waals surface area contributed by atoms with Crippen LogP contribution in [0.1, 0.15) is 5.56 Å². The lowest BCUT2D eigenvalue weighted by Crippen LogP contribution is -2.49. The highest BCUT2D eigenvalue weighted by molar-refractivity contribution is 8.14. The second kappa shape index (κ2) is 5.95. The van der Waals surface area contributed by atoms with E-state index in [0.29, 0.717) is 16.3 Å². The van der Waals surface area contributed by atoms with E-state index < -0.39 is 11.6 Å². The van der Waals surface area contributed by atoms with Crippen LogP contribution in [-0.2, 0) is 0 Å². The van der Waals surface area contributed by atoms with E-state index >= 15 is 0 Å². The van der Waals surface area contributed by atoms with Gasteiger partial charge >= 0.3 is 0 Å². The van der Waals surface area contributed by atoms with Crippen molar-refractivity contribution in [3.05, 3.63) is 53.9 Å². The molecule has 0 saturated carbocycles. The summed E-state index contributed by atoms with van der Waals surface area (Å²) in [6.45, 7) is 3.50. The van der Waals surface area contributed by atoms with E-state index in [4.69, 9.17) is 0 Å². The highest BCUT2D eigenvalue weighted by Gasteiger charge is 2.26. The minimum absolute atomic E-state index is 0.0145. The fourth-order valence-corrected chi connectivity index (χ4v) is 3.99. The van der Waals surface area contributed by atoms with E-state index in [1.807, 2.05) is 24.3 Å². The molecule has 2 aromatic carbocycles. The summed E-state index contributed by atoms with van der Waals surface area (Å²) in [7, 11) is 0.204. The molecule has 4 rings (SSSR count). The number of hydrogen-bond donors (Lipinski definition) is 0. The molecule has 0 spiro atoms. The van der Waals surface area contributed by atoms with Crippen molar-refractivity contribution < 1.29 is 8.78 Å². The molecule has 1 fully saturated rings. The molecule has 0 N–H and O–H groups in total. The number of fused-ring (bicyclic) bond motifs is 1. The van der Waals surface area contributed by atoms with Crippen LogP contribution in [0.15, 0.2) is 36.7 Å². The van der Waals surface area contributed by atoms with E-state index in [1.165, 1.54) is 19.3 Å². The molecule has 130 valence electrons. The Morgan fingerprint density at radius 3 is 2.44 bits per heavy atom. The predicted molar refractivity (Wildman–Crippen MR) is 102 cm³/mol. The Hall–Kier alpha value is -2.21. The summed E-state index contributed by atoms with van der Waals surface area (Å²) in [5.41, 5.74) is 2.60. The Balaban J connectivity index is 1.66. The molecule has 0 bridgehead atoms. The smallest absolute Gasteiger partial charge is 0.155 e. The Morgan fingerprint density at radius 1 is 1.16 bits per heavy atom. The van der Waals surface area contributed by atoms with Crippen molar-refractivity contribution in [2.24, 2.45) is 0 Å². The lowest BCUT2D eigenvalue weighted by atomic mass is 10.1. The van der Waals surface area contributed by atoms with Gasteiger partial charge in [-0.2, -0.15) is 10.5 Å². The average molecular weight is 359 g/mol. The van der Waals surface area contributed by atoms with Crippen molar-refractivity contribution in [3.8, 4) is 5.69 Å². The first-order valence-corrected chi connectivity index (χ1v) is 9.93.